The molecule has 1 aromatic heterocycles. The lowest BCUT2D eigenvalue weighted by molar-refractivity contribution is 0.378. The van der Waals surface area contributed by atoms with Crippen LogP contribution in [0, 0.1) is 0 Å². The second-order valence-corrected chi connectivity index (χ2v) is 3.89. The van der Waals surface area contributed by atoms with E-state index in [0.29, 0.717) is 5.82 Å². The average molecular weight is 202 g/mol. The molecule has 0 saturated heterocycles. The number of nitrogens with zero attached hydrogens (tertiary/aromatic N) is 1. The molecule has 1 N–H and O–H groups in total. The van der Waals surface area contributed by atoms with E-state index in [1.54, 1.807) is 0 Å². The van der Waals surface area contributed by atoms with Gasteiger partial charge in [-0.05, 0) is 18.4 Å². The Morgan fingerprint density at radius 2 is 2.00 bits per heavy atom. The summed E-state index contributed by atoms with van der Waals surface area (Å²) in [6, 6.07) is 10.1. The number of hydrogen-bond acceptors (Lipinski definition) is 3. The second-order valence-electron chi connectivity index (χ2n) is 3.89. The van der Waals surface area contributed by atoms with Gasteiger partial charge in [0.15, 0.2) is 5.82 Å². The van der Waals surface area contributed by atoms with Gasteiger partial charge in [-0.15, -0.1) is 0 Å². The van der Waals surface area contributed by atoms with Crippen LogP contribution in [0.3, 0.4) is 0 Å². The van der Waals surface area contributed by atoms with E-state index in [1.807, 2.05) is 18.2 Å². The maximum absolute atomic E-state index is 10.9. The molecule has 1 heterocycles. The standard InChI is InChI=1S/C11H10N2O2/c14-10-12-9(13-15-10)11(6-7-11)8-4-2-1-3-5-8/h1-5H,6-7H2,(H,12,13,14). The molecule has 1 aromatic carbocycles. The minimum atomic E-state index is -0.479. The highest BCUT2D eigenvalue weighted by atomic mass is 16.5. The Balaban J connectivity index is 2.09. The summed E-state index contributed by atoms with van der Waals surface area (Å²) in [5.74, 6) is 0.172. The fourth-order valence-corrected chi connectivity index (χ4v) is 1.98. The molecule has 1 fully saturated rings. The van der Waals surface area contributed by atoms with Crippen LogP contribution < -0.4 is 5.76 Å². The molecule has 76 valence electrons. The fraction of sp³-hybridized carbons (Fsp3) is 0.273. The van der Waals surface area contributed by atoms with Crippen molar-refractivity contribution in [3.8, 4) is 0 Å². The van der Waals surface area contributed by atoms with Crippen LogP contribution in [-0.2, 0) is 5.41 Å². The lowest BCUT2D eigenvalue weighted by Crippen LogP contribution is -2.12. The third-order valence-electron chi connectivity index (χ3n) is 2.97. The molecule has 2 aromatic rings. The topological polar surface area (TPSA) is 58.9 Å². The van der Waals surface area contributed by atoms with E-state index in [1.165, 1.54) is 5.56 Å². The van der Waals surface area contributed by atoms with E-state index in [4.69, 9.17) is 0 Å². The number of aromatic amines is 1. The summed E-state index contributed by atoms with van der Waals surface area (Å²) < 4.78 is 4.55. The van der Waals surface area contributed by atoms with Crippen molar-refractivity contribution >= 4 is 0 Å². The number of benzene rings is 1. The van der Waals surface area contributed by atoms with Crippen LogP contribution in [0.25, 0.3) is 0 Å². The first-order valence-corrected chi connectivity index (χ1v) is 4.93. The molecule has 15 heavy (non-hydrogen) atoms. The van der Waals surface area contributed by atoms with Crippen molar-refractivity contribution in [2.45, 2.75) is 18.3 Å². The number of aromatic nitrogens is 2. The first-order valence-electron chi connectivity index (χ1n) is 4.93. The number of nitrogens with one attached hydrogen (secondary N) is 1. The Labute approximate surface area is 85.9 Å². The van der Waals surface area contributed by atoms with Gasteiger partial charge in [0, 0.05) is 0 Å². The quantitative estimate of drug-likeness (QED) is 0.801. The minimum absolute atomic E-state index is 0.104. The smallest absolute Gasteiger partial charge is 0.296 e. The van der Waals surface area contributed by atoms with E-state index in [-0.39, 0.29) is 5.41 Å². The van der Waals surface area contributed by atoms with E-state index in [0.717, 1.165) is 12.8 Å². The highest BCUT2D eigenvalue weighted by Crippen LogP contribution is 2.51. The molecule has 0 radical (unpaired) electrons. The van der Waals surface area contributed by atoms with E-state index in [9.17, 15) is 4.79 Å². The molecule has 1 saturated carbocycles. The molecule has 1 aliphatic rings. The van der Waals surface area contributed by atoms with Crippen molar-refractivity contribution in [1.29, 1.82) is 0 Å². The van der Waals surface area contributed by atoms with Gasteiger partial charge in [0.05, 0.1) is 5.41 Å². The Kier molecular flexibility index (Phi) is 1.59. The van der Waals surface area contributed by atoms with Gasteiger partial charge in [-0.3, -0.25) is 9.51 Å². The van der Waals surface area contributed by atoms with Gasteiger partial charge in [0.2, 0.25) is 0 Å². The van der Waals surface area contributed by atoms with Crippen molar-refractivity contribution in [2.24, 2.45) is 0 Å². The van der Waals surface area contributed by atoms with Crippen molar-refractivity contribution in [2.75, 3.05) is 0 Å². The maximum Gasteiger partial charge on any atom is 0.438 e. The van der Waals surface area contributed by atoms with Gasteiger partial charge in [0.25, 0.3) is 0 Å². The van der Waals surface area contributed by atoms with Crippen LogP contribution in [0.15, 0.2) is 39.6 Å². The van der Waals surface area contributed by atoms with Crippen LogP contribution in [-0.4, -0.2) is 10.1 Å². The van der Waals surface area contributed by atoms with Crippen LogP contribution in [0.2, 0.25) is 0 Å². The zero-order valence-corrected chi connectivity index (χ0v) is 8.06. The first-order chi connectivity index (χ1) is 7.31. The van der Waals surface area contributed by atoms with E-state index >= 15 is 0 Å². The summed E-state index contributed by atoms with van der Waals surface area (Å²) in [5.41, 5.74) is 1.09. The Hall–Kier alpha value is -1.84. The third-order valence-corrected chi connectivity index (χ3v) is 2.97. The average Bonchev–Trinajstić information content (AvgIpc) is 2.98. The van der Waals surface area contributed by atoms with E-state index in [2.05, 4.69) is 26.8 Å². The van der Waals surface area contributed by atoms with Gasteiger partial charge in [-0.25, -0.2) is 4.79 Å². The molecular weight excluding hydrogens is 192 g/mol. The number of H-pyrrole nitrogens is 1. The Bertz CT molecular complexity index is 523. The predicted molar refractivity (Wildman–Crippen MR) is 53.6 cm³/mol. The summed E-state index contributed by atoms with van der Waals surface area (Å²) in [4.78, 5) is 13.6. The first kappa shape index (κ1) is 8.47. The SMILES string of the molecule is O=c1[nH]c(C2(c3ccccc3)CC2)no1. The number of hydrogen-bond donors (Lipinski definition) is 1. The van der Waals surface area contributed by atoms with Crippen LogP contribution in [0.5, 0.6) is 0 Å². The van der Waals surface area contributed by atoms with Gasteiger partial charge in [0.1, 0.15) is 0 Å². The summed E-state index contributed by atoms with van der Waals surface area (Å²) in [5, 5.41) is 3.78. The molecule has 1 aliphatic carbocycles. The van der Waals surface area contributed by atoms with Crippen molar-refractivity contribution in [3.05, 3.63) is 52.3 Å². The van der Waals surface area contributed by atoms with Crippen LogP contribution in [0.1, 0.15) is 24.2 Å². The maximum atomic E-state index is 10.9. The second kappa shape index (κ2) is 2.82. The Morgan fingerprint density at radius 1 is 1.27 bits per heavy atom. The van der Waals surface area contributed by atoms with Gasteiger partial charge in [-0.1, -0.05) is 35.5 Å². The largest absolute Gasteiger partial charge is 0.438 e. The van der Waals surface area contributed by atoms with Crippen molar-refractivity contribution in [1.82, 2.24) is 10.1 Å². The molecule has 0 spiro atoms. The van der Waals surface area contributed by atoms with Gasteiger partial charge in [-0.2, -0.15) is 0 Å². The zero-order chi connectivity index (χ0) is 10.3. The van der Waals surface area contributed by atoms with Gasteiger partial charge < -0.3 is 0 Å². The molecule has 4 nitrogen and oxygen atoms in total. The fourth-order valence-electron chi connectivity index (χ4n) is 1.98. The normalized spacial score (nSPS) is 17.6. The molecule has 0 aliphatic heterocycles. The minimum Gasteiger partial charge on any atom is -0.296 e. The summed E-state index contributed by atoms with van der Waals surface area (Å²) >= 11 is 0. The molecule has 3 rings (SSSR count). The summed E-state index contributed by atoms with van der Waals surface area (Å²) in [7, 11) is 0. The predicted octanol–water partition coefficient (Wildman–Crippen LogP) is 1.44. The summed E-state index contributed by atoms with van der Waals surface area (Å²) in [6.45, 7) is 0. The molecule has 0 unspecified atom stereocenters. The number of rotatable bonds is 2. The Morgan fingerprint density at radius 3 is 2.53 bits per heavy atom. The van der Waals surface area contributed by atoms with Crippen LogP contribution in [0.4, 0.5) is 0 Å². The molecular formula is C11H10N2O2. The lowest BCUT2D eigenvalue weighted by atomic mass is 9.95. The molecule has 0 bridgehead atoms. The molecule has 0 amide bonds. The highest BCUT2D eigenvalue weighted by Gasteiger charge is 2.49. The monoisotopic (exact) mass is 202 g/mol. The van der Waals surface area contributed by atoms with E-state index < -0.39 is 5.76 Å². The van der Waals surface area contributed by atoms with Gasteiger partial charge >= 0.3 is 5.76 Å². The summed E-state index contributed by atoms with van der Waals surface area (Å²) in [6.07, 6.45) is 2.03. The van der Waals surface area contributed by atoms with Crippen molar-refractivity contribution in [3.63, 3.8) is 0 Å². The molecule has 4 heteroatoms. The zero-order valence-electron chi connectivity index (χ0n) is 8.06. The molecule has 0 atom stereocenters. The third kappa shape index (κ3) is 1.21. The highest BCUT2D eigenvalue weighted by molar-refractivity contribution is 5.38. The van der Waals surface area contributed by atoms with Crippen molar-refractivity contribution < 1.29 is 4.52 Å². The lowest BCUT2D eigenvalue weighted by Gasteiger charge is -2.10. The van der Waals surface area contributed by atoms with Crippen LogP contribution >= 0.6 is 0 Å².